The predicted octanol–water partition coefficient (Wildman–Crippen LogP) is 1.14. The first-order valence-corrected chi connectivity index (χ1v) is 6.00. The molecule has 0 saturated heterocycles. The molecule has 84 valence electrons. The van der Waals surface area contributed by atoms with E-state index in [1.54, 1.807) is 12.1 Å². The van der Waals surface area contributed by atoms with Crippen molar-refractivity contribution >= 4 is 15.7 Å². The highest BCUT2D eigenvalue weighted by molar-refractivity contribution is 7.89. The number of anilines is 1. The van der Waals surface area contributed by atoms with Gasteiger partial charge < -0.3 is 5.73 Å². The molecule has 0 aliphatic heterocycles. The fourth-order valence-corrected chi connectivity index (χ4v) is 2.31. The molecular formula is C10H16N2O2S. The van der Waals surface area contributed by atoms with E-state index in [4.69, 9.17) is 5.73 Å². The van der Waals surface area contributed by atoms with Gasteiger partial charge in [-0.15, -0.1) is 0 Å². The molecule has 0 bridgehead atoms. The van der Waals surface area contributed by atoms with E-state index >= 15 is 0 Å². The Labute approximate surface area is 90.8 Å². The molecule has 0 spiro atoms. The van der Waals surface area contributed by atoms with Gasteiger partial charge in [0.05, 0.1) is 5.69 Å². The van der Waals surface area contributed by atoms with E-state index in [-0.39, 0.29) is 4.90 Å². The number of hydrogen-bond donors (Lipinski definition) is 1. The Morgan fingerprint density at radius 2 is 1.60 bits per heavy atom. The summed E-state index contributed by atoms with van der Waals surface area (Å²) >= 11 is 0. The molecule has 0 saturated carbocycles. The van der Waals surface area contributed by atoms with Gasteiger partial charge in [-0.3, -0.25) is 0 Å². The van der Waals surface area contributed by atoms with Gasteiger partial charge in [-0.1, -0.05) is 0 Å². The molecule has 0 radical (unpaired) electrons. The summed E-state index contributed by atoms with van der Waals surface area (Å²) in [6.45, 7) is 3.77. The SMILES string of the molecule is Cc1cc(N)c(S(=O)(=O)N(C)C)cc1C. The summed E-state index contributed by atoms with van der Waals surface area (Å²) in [6, 6.07) is 3.30. The lowest BCUT2D eigenvalue weighted by atomic mass is 10.1. The Balaban J connectivity index is 3.46. The van der Waals surface area contributed by atoms with Gasteiger partial charge in [0.25, 0.3) is 0 Å². The van der Waals surface area contributed by atoms with Crippen LogP contribution in [0.5, 0.6) is 0 Å². The molecule has 0 unspecified atom stereocenters. The highest BCUT2D eigenvalue weighted by atomic mass is 32.2. The molecule has 1 aromatic rings. The highest BCUT2D eigenvalue weighted by Crippen LogP contribution is 2.24. The van der Waals surface area contributed by atoms with Gasteiger partial charge >= 0.3 is 0 Å². The second-order valence-corrected chi connectivity index (χ2v) is 5.88. The molecular weight excluding hydrogens is 212 g/mol. The number of aryl methyl sites for hydroxylation is 2. The van der Waals surface area contributed by atoms with Gasteiger partial charge in [-0.05, 0) is 37.1 Å². The molecule has 5 heteroatoms. The molecule has 0 aromatic heterocycles. The van der Waals surface area contributed by atoms with E-state index in [0.717, 1.165) is 15.4 Å². The number of nitrogen functional groups attached to an aromatic ring is 1. The Hall–Kier alpha value is -1.07. The molecule has 4 nitrogen and oxygen atoms in total. The van der Waals surface area contributed by atoms with E-state index in [1.165, 1.54) is 14.1 Å². The lowest BCUT2D eigenvalue weighted by Gasteiger charge is -2.14. The predicted molar refractivity (Wildman–Crippen MR) is 61.2 cm³/mol. The largest absolute Gasteiger partial charge is 0.398 e. The Morgan fingerprint density at radius 3 is 2.07 bits per heavy atom. The monoisotopic (exact) mass is 228 g/mol. The molecule has 15 heavy (non-hydrogen) atoms. The molecule has 0 amide bonds. The van der Waals surface area contributed by atoms with Crippen LogP contribution in [-0.4, -0.2) is 26.8 Å². The van der Waals surface area contributed by atoms with Crippen LogP contribution in [0.1, 0.15) is 11.1 Å². The minimum absolute atomic E-state index is 0.176. The molecule has 2 N–H and O–H groups in total. The van der Waals surface area contributed by atoms with Crippen LogP contribution in [0, 0.1) is 13.8 Å². The second kappa shape index (κ2) is 3.83. The standard InChI is InChI=1S/C10H16N2O2S/c1-7-5-9(11)10(6-8(7)2)15(13,14)12(3)4/h5-6H,11H2,1-4H3. The van der Waals surface area contributed by atoms with Crippen molar-refractivity contribution in [2.24, 2.45) is 0 Å². The maximum Gasteiger partial charge on any atom is 0.244 e. The first-order valence-electron chi connectivity index (χ1n) is 4.56. The van der Waals surface area contributed by atoms with Gasteiger partial charge in [0.1, 0.15) is 4.90 Å². The molecule has 1 aromatic carbocycles. The van der Waals surface area contributed by atoms with Crippen LogP contribution in [0.2, 0.25) is 0 Å². The molecule has 1 rings (SSSR count). The Bertz CT molecular complexity index is 478. The van der Waals surface area contributed by atoms with Gasteiger partial charge in [0.2, 0.25) is 10.0 Å². The van der Waals surface area contributed by atoms with E-state index in [0.29, 0.717) is 5.69 Å². The van der Waals surface area contributed by atoms with Gasteiger partial charge in [0.15, 0.2) is 0 Å². The van der Waals surface area contributed by atoms with Crippen LogP contribution in [0.15, 0.2) is 17.0 Å². The third-order valence-electron chi connectivity index (χ3n) is 2.38. The van der Waals surface area contributed by atoms with Crippen LogP contribution < -0.4 is 5.73 Å². The number of hydrogen-bond acceptors (Lipinski definition) is 3. The Kier molecular flexibility index (Phi) is 3.06. The van der Waals surface area contributed by atoms with Gasteiger partial charge in [0, 0.05) is 14.1 Å². The molecule has 0 aliphatic carbocycles. The minimum Gasteiger partial charge on any atom is -0.398 e. The van der Waals surface area contributed by atoms with Crippen LogP contribution in [0.25, 0.3) is 0 Å². The Morgan fingerprint density at radius 1 is 1.13 bits per heavy atom. The van der Waals surface area contributed by atoms with Gasteiger partial charge in [-0.2, -0.15) is 0 Å². The lowest BCUT2D eigenvalue weighted by molar-refractivity contribution is 0.521. The van der Waals surface area contributed by atoms with Crippen LogP contribution in [0.4, 0.5) is 5.69 Å². The highest BCUT2D eigenvalue weighted by Gasteiger charge is 2.20. The zero-order chi connectivity index (χ0) is 11.8. The van der Waals surface area contributed by atoms with Crippen molar-refractivity contribution in [3.8, 4) is 0 Å². The maximum absolute atomic E-state index is 11.9. The summed E-state index contributed by atoms with van der Waals surface area (Å²) < 4.78 is 24.9. The minimum atomic E-state index is -3.44. The van der Waals surface area contributed by atoms with E-state index in [2.05, 4.69) is 0 Å². The average molecular weight is 228 g/mol. The van der Waals surface area contributed by atoms with Crippen molar-refractivity contribution in [2.45, 2.75) is 18.7 Å². The summed E-state index contributed by atoms with van der Waals surface area (Å²) in [4.78, 5) is 0.176. The number of benzene rings is 1. The lowest BCUT2D eigenvalue weighted by Crippen LogP contribution is -2.23. The van der Waals surface area contributed by atoms with E-state index in [9.17, 15) is 8.42 Å². The fraction of sp³-hybridized carbons (Fsp3) is 0.400. The van der Waals surface area contributed by atoms with Crippen LogP contribution in [-0.2, 0) is 10.0 Å². The first kappa shape index (κ1) is 12.0. The normalized spacial score (nSPS) is 12.1. The topological polar surface area (TPSA) is 63.4 Å². The fourth-order valence-electron chi connectivity index (χ4n) is 1.23. The first-order chi connectivity index (χ1) is 6.76. The third-order valence-corrected chi connectivity index (χ3v) is 4.26. The number of nitrogens with zero attached hydrogens (tertiary/aromatic N) is 1. The number of sulfonamides is 1. The summed E-state index contributed by atoms with van der Waals surface area (Å²) in [7, 11) is -0.458. The zero-order valence-corrected chi connectivity index (χ0v) is 10.2. The van der Waals surface area contributed by atoms with Crippen molar-refractivity contribution in [1.82, 2.24) is 4.31 Å². The number of nitrogens with two attached hydrogens (primary N) is 1. The summed E-state index contributed by atoms with van der Waals surface area (Å²) in [5, 5.41) is 0. The van der Waals surface area contributed by atoms with Gasteiger partial charge in [-0.25, -0.2) is 12.7 Å². The summed E-state index contributed by atoms with van der Waals surface area (Å²) in [6.07, 6.45) is 0. The van der Waals surface area contributed by atoms with Crippen molar-refractivity contribution in [3.05, 3.63) is 23.3 Å². The van der Waals surface area contributed by atoms with Crippen molar-refractivity contribution in [2.75, 3.05) is 19.8 Å². The quantitative estimate of drug-likeness (QED) is 0.772. The summed E-state index contributed by atoms with van der Waals surface area (Å²) in [5.74, 6) is 0. The number of rotatable bonds is 2. The molecule has 0 atom stereocenters. The van der Waals surface area contributed by atoms with Crippen LogP contribution in [0.3, 0.4) is 0 Å². The third kappa shape index (κ3) is 2.13. The van der Waals surface area contributed by atoms with E-state index < -0.39 is 10.0 Å². The zero-order valence-electron chi connectivity index (χ0n) is 9.40. The van der Waals surface area contributed by atoms with Crippen molar-refractivity contribution < 1.29 is 8.42 Å². The van der Waals surface area contributed by atoms with E-state index in [1.807, 2.05) is 13.8 Å². The van der Waals surface area contributed by atoms with Crippen molar-refractivity contribution in [3.63, 3.8) is 0 Å². The summed E-state index contributed by atoms with van der Waals surface area (Å²) in [5.41, 5.74) is 7.92. The second-order valence-electron chi connectivity index (χ2n) is 3.76. The van der Waals surface area contributed by atoms with Crippen molar-refractivity contribution in [1.29, 1.82) is 0 Å². The van der Waals surface area contributed by atoms with Crippen LogP contribution >= 0.6 is 0 Å². The molecule has 0 heterocycles. The molecule has 0 aliphatic rings. The smallest absolute Gasteiger partial charge is 0.244 e. The molecule has 0 fully saturated rings. The maximum atomic E-state index is 11.9. The average Bonchev–Trinajstić information content (AvgIpc) is 2.10.